The van der Waals surface area contributed by atoms with Gasteiger partial charge in [0.15, 0.2) is 5.76 Å². The van der Waals surface area contributed by atoms with Gasteiger partial charge >= 0.3 is 0 Å². The van der Waals surface area contributed by atoms with Crippen LogP contribution in [0, 0.1) is 0 Å². The van der Waals surface area contributed by atoms with E-state index in [1.165, 1.54) is 0 Å². The highest BCUT2D eigenvalue weighted by Gasteiger charge is 2.07. The zero-order chi connectivity index (χ0) is 13.8. The summed E-state index contributed by atoms with van der Waals surface area (Å²) in [5.41, 5.74) is 0.941. The molecule has 0 radical (unpaired) electrons. The molecule has 4 heteroatoms. The van der Waals surface area contributed by atoms with Crippen LogP contribution in [-0.2, 0) is 6.61 Å². The summed E-state index contributed by atoms with van der Waals surface area (Å²) in [5, 5.41) is 0.579. The van der Waals surface area contributed by atoms with E-state index < -0.39 is 0 Å². The van der Waals surface area contributed by atoms with E-state index in [-0.39, 0.29) is 0 Å². The second kappa shape index (κ2) is 5.80. The Bertz CT molecular complexity index is 694. The summed E-state index contributed by atoms with van der Waals surface area (Å²) in [7, 11) is 0. The molecule has 0 saturated carbocycles. The van der Waals surface area contributed by atoms with Crippen molar-refractivity contribution in [2.24, 2.45) is 0 Å². The van der Waals surface area contributed by atoms with E-state index in [4.69, 9.17) is 20.8 Å². The Balaban J connectivity index is 1.71. The van der Waals surface area contributed by atoms with Gasteiger partial charge in [0, 0.05) is 5.56 Å². The maximum atomic E-state index is 6.02. The molecule has 3 rings (SSSR count). The quantitative estimate of drug-likeness (QED) is 0.704. The van der Waals surface area contributed by atoms with Crippen LogP contribution in [0.2, 0.25) is 5.02 Å². The minimum atomic E-state index is 0.295. The van der Waals surface area contributed by atoms with E-state index in [1.807, 2.05) is 48.5 Å². The Hall–Kier alpha value is -2.26. The lowest BCUT2D eigenvalue weighted by Gasteiger charge is -2.05. The monoisotopic (exact) mass is 285 g/mol. The summed E-state index contributed by atoms with van der Waals surface area (Å²) >= 11 is 6.02. The molecule has 0 unspecified atom stereocenters. The standard InChI is InChI=1S/C16H12ClNO2/c17-14-8-4-5-9-15(14)19-11-13-10-18-16(20-13)12-6-2-1-3-7-12/h1-10H,11H2. The molecule has 0 atom stereocenters. The minimum absolute atomic E-state index is 0.295. The summed E-state index contributed by atoms with van der Waals surface area (Å²) in [6, 6.07) is 17.1. The molecule has 0 spiro atoms. The SMILES string of the molecule is Clc1ccccc1OCc1cnc(-c2ccccc2)o1. The lowest BCUT2D eigenvalue weighted by atomic mass is 10.2. The van der Waals surface area contributed by atoms with Crippen molar-refractivity contribution in [2.75, 3.05) is 0 Å². The molecule has 0 saturated heterocycles. The number of hydrogen-bond acceptors (Lipinski definition) is 3. The lowest BCUT2D eigenvalue weighted by molar-refractivity contribution is 0.272. The predicted molar refractivity (Wildman–Crippen MR) is 77.7 cm³/mol. The molecular weight excluding hydrogens is 274 g/mol. The van der Waals surface area contributed by atoms with Crippen molar-refractivity contribution >= 4 is 11.6 Å². The molecule has 0 amide bonds. The first kappa shape index (κ1) is 12.8. The fourth-order valence-electron chi connectivity index (χ4n) is 1.80. The Labute approximate surface area is 121 Å². The molecule has 0 aliphatic carbocycles. The predicted octanol–water partition coefficient (Wildman–Crippen LogP) is 4.57. The van der Waals surface area contributed by atoms with Gasteiger partial charge < -0.3 is 9.15 Å². The summed E-state index contributed by atoms with van der Waals surface area (Å²) < 4.78 is 11.3. The molecule has 1 aromatic heterocycles. The smallest absolute Gasteiger partial charge is 0.226 e. The van der Waals surface area contributed by atoms with Crippen LogP contribution < -0.4 is 4.74 Å². The zero-order valence-corrected chi connectivity index (χ0v) is 11.4. The molecule has 0 aliphatic heterocycles. The number of oxazole rings is 1. The number of aromatic nitrogens is 1. The van der Waals surface area contributed by atoms with E-state index in [0.29, 0.717) is 29.0 Å². The van der Waals surface area contributed by atoms with Crippen molar-refractivity contribution in [2.45, 2.75) is 6.61 Å². The highest BCUT2D eigenvalue weighted by atomic mass is 35.5. The topological polar surface area (TPSA) is 35.3 Å². The molecular formula is C16H12ClNO2. The number of ether oxygens (including phenoxy) is 1. The van der Waals surface area contributed by atoms with Gasteiger partial charge in [-0.2, -0.15) is 0 Å². The van der Waals surface area contributed by atoms with Gasteiger partial charge in [-0.3, -0.25) is 0 Å². The highest BCUT2D eigenvalue weighted by Crippen LogP contribution is 2.25. The van der Waals surface area contributed by atoms with Crippen molar-refractivity contribution in [1.82, 2.24) is 4.98 Å². The summed E-state index contributed by atoms with van der Waals surface area (Å²) in [6.45, 7) is 0.295. The van der Waals surface area contributed by atoms with Gasteiger partial charge in [-0.25, -0.2) is 4.98 Å². The van der Waals surface area contributed by atoms with Gasteiger partial charge in [-0.05, 0) is 24.3 Å². The zero-order valence-electron chi connectivity index (χ0n) is 10.6. The third kappa shape index (κ3) is 2.83. The minimum Gasteiger partial charge on any atom is -0.484 e. The van der Waals surface area contributed by atoms with Crippen LogP contribution in [0.1, 0.15) is 5.76 Å². The number of halogens is 1. The van der Waals surface area contributed by atoms with Crippen LogP contribution >= 0.6 is 11.6 Å². The number of nitrogens with zero attached hydrogens (tertiary/aromatic N) is 1. The van der Waals surface area contributed by atoms with Crippen molar-refractivity contribution < 1.29 is 9.15 Å². The van der Waals surface area contributed by atoms with Crippen LogP contribution in [0.25, 0.3) is 11.5 Å². The number of para-hydroxylation sites is 1. The molecule has 0 aliphatic rings. The fourth-order valence-corrected chi connectivity index (χ4v) is 1.99. The second-order valence-corrected chi connectivity index (χ2v) is 4.62. The van der Waals surface area contributed by atoms with Crippen molar-refractivity contribution in [3.05, 3.63) is 71.6 Å². The third-order valence-electron chi connectivity index (χ3n) is 2.78. The Morgan fingerprint density at radius 1 is 1.00 bits per heavy atom. The van der Waals surface area contributed by atoms with Gasteiger partial charge in [0.2, 0.25) is 5.89 Å². The van der Waals surface area contributed by atoms with Crippen molar-refractivity contribution in [3.63, 3.8) is 0 Å². The fraction of sp³-hybridized carbons (Fsp3) is 0.0625. The molecule has 0 N–H and O–H groups in total. The van der Waals surface area contributed by atoms with E-state index in [2.05, 4.69) is 4.98 Å². The largest absolute Gasteiger partial charge is 0.484 e. The average Bonchev–Trinajstić information content (AvgIpc) is 2.96. The van der Waals surface area contributed by atoms with Gasteiger partial charge in [0.1, 0.15) is 12.4 Å². The summed E-state index contributed by atoms with van der Waals surface area (Å²) in [4.78, 5) is 4.24. The summed E-state index contributed by atoms with van der Waals surface area (Å²) in [5.74, 6) is 1.87. The summed E-state index contributed by atoms with van der Waals surface area (Å²) in [6.07, 6.45) is 1.67. The van der Waals surface area contributed by atoms with Gasteiger partial charge in [0.05, 0.1) is 11.2 Å². The van der Waals surface area contributed by atoms with Crippen molar-refractivity contribution in [3.8, 4) is 17.2 Å². The van der Waals surface area contributed by atoms with Crippen molar-refractivity contribution in [1.29, 1.82) is 0 Å². The number of benzene rings is 2. The van der Waals surface area contributed by atoms with E-state index in [1.54, 1.807) is 12.3 Å². The molecule has 0 bridgehead atoms. The van der Waals surface area contributed by atoms with E-state index in [9.17, 15) is 0 Å². The lowest BCUT2D eigenvalue weighted by Crippen LogP contribution is -1.93. The first-order valence-corrected chi connectivity index (χ1v) is 6.58. The van der Waals surface area contributed by atoms with Crippen LogP contribution in [0.4, 0.5) is 0 Å². The van der Waals surface area contributed by atoms with Gasteiger partial charge in [-0.1, -0.05) is 41.9 Å². The maximum Gasteiger partial charge on any atom is 0.226 e. The third-order valence-corrected chi connectivity index (χ3v) is 3.09. The van der Waals surface area contributed by atoms with Crippen LogP contribution in [0.3, 0.4) is 0 Å². The van der Waals surface area contributed by atoms with E-state index in [0.717, 1.165) is 5.56 Å². The molecule has 1 heterocycles. The maximum absolute atomic E-state index is 6.02. The second-order valence-electron chi connectivity index (χ2n) is 4.22. The average molecular weight is 286 g/mol. The molecule has 100 valence electrons. The normalized spacial score (nSPS) is 10.4. The van der Waals surface area contributed by atoms with Crippen LogP contribution in [0.5, 0.6) is 5.75 Å². The van der Waals surface area contributed by atoms with E-state index >= 15 is 0 Å². The Kier molecular flexibility index (Phi) is 3.70. The van der Waals surface area contributed by atoms with Gasteiger partial charge in [0.25, 0.3) is 0 Å². The molecule has 3 nitrogen and oxygen atoms in total. The van der Waals surface area contributed by atoms with Crippen LogP contribution in [0.15, 0.2) is 65.2 Å². The number of hydrogen-bond donors (Lipinski definition) is 0. The molecule has 2 aromatic carbocycles. The number of rotatable bonds is 4. The first-order valence-electron chi connectivity index (χ1n) is 6.20. The first-order chi connectivity index (χ1) is 9.83. The molecule has 0 fully saturated rings. The Morgan fingerprint density at radius 3 is 2.55 bits per heavy atom. The highest BCUT2D eigenvalue weighted by molar-refractivity contribution is 6.32. The van der Waals surface area contributed by atoms with Crippen LogP contribution in [-0.4, -0.2) is 4.98 Å². The molecule has 20 heavy (non-hydrogen) atoms. The van der Waals surface area contributed by atoms with Gasteiger partial charge in [-0.15, -0.1) is 0 Å². The Morgan fingerprint density at radius 2 is 1.75 bits per heavy atom. The molecule has 3 aromatic rings.